The van der Waals surface area contributed by atoms with Crippen molar-refractivity contribution in [1.82, 2.24) is 4.90 Å². The van der Waals surface area contributed by atoms with Crippen molar-refractivity contribution >= 4 is 11.6 Å². The van der Waals surface area contributed by atoms with Crippen molar-refractivity contribution in [2.45, 2.75) is 30.8 Å². The first kappa shape index (κ1) is 19.2. The molecular weight excluding hydrogens is 346 g/mol. The largest absolute Gasteiger partial charge is 0.497 e. The highest BCUT2D eigenvalue weighted by Crippen LogP contribution is 2.51. The lowest BCUT2D eigenvalue weighted by Crippen LogP contribution is -2.47. The van der Waals surface area contributed by atoms with Gasteiger partial charge in [-0.1, -0.05) is 42.3 Å². The summed E-state index contributed by atoms with van der Waals surface area (Å²) in [4.78, 5) is 2.16. The molecule has 0 spiro atoms. The van der Waals surface area contributed by atoms with Gasteiger partial charge in [-0.25, -0.2) is 0 Å². The molecule has 2 aromatic carbocycles. The summed E-state index contributed by atoms with van der Waals surface area (Å²) >= 11 is 6.27. The van der Waals surface area contributed by atoms with E-state index in [1.807, 2.05) is 36.4 Å². The van der Waals surface area contributed by atoms with Crippen molar-refractivity contribution in [3.05, 3.63) is 64.7 Å². The van der Waals surface area contributed by atoms with Crippen molar-refractivity contribution in [3.8, 4) is 5.75 Å². The van der Waals surface area contributed by atoms with Crippen molar-refractivity contribution in [3.63, 3.8) is 0 Å². The molecule has 3 atom stereocenters. The van der Waals surface area contributed by atoms with E-state index in [0.29, 0.717) is 5.02 Å². The molecule has 0 radical (unpaired) electrons. The minimum atomic E-state index is -0.942. The molecule has 1 aliphatic rings. The van der Waals surface area contributed by atoms with E-state index in [0.717, 1.165) is 42.7 Å². The van der Waals surface area contributed by atoms with Gasteiger partial charge in [0.15, 0.2) is 0 Å². The van der Waals surface area contributed by atoms with Crippen LogP contribution in [0.4, 0.5) is 0 Å². The van der Waals surface area contributed by atoms with Crippen LogP contribution in [0.1, 0.15) is 36.3 Å². The fourth-order valence-corrected chi connectivity index (χ4v) is 4.59. The van der Waals surface area contributed by atoms with Crippen LogP contribution >= 0.6 is 11.6 Å². The molecule has 4 heteroatoms. The molecule has 0 saturated heterocycles. The Morgan fingerprint density at radius 2 is 1.88 bits per heavy atom. The van der Waals surface area contributed by atoms with Crippen LogP contribution in [0.2, 0.25) is 5.02 Å². The summed E-state index contributed by atoms with van der Waals surface area (Å²) in [5, 5.41) is 12.8. The molecule has 3 nitrogen and oxygen atoms in total. The summed E-state index contributed by atoms with van der Waals surface area (Å²) in [6.07, 6.45) is 3.07. The molecule has 140 valence electrons. The molecule has 0 amide bonds. The monoisotopic (exact) mass is 373 g/mol. The van der Waals surface area contributed by atoms with E-state index in [9.17, 15) is 5.11 Å². The summed E-state index contributed by atoms with van der Waals surface area (Å²) in [5.41, 5.74) is 1.12. The maximum absolute atomic E-state index is 12.1. The SMILES string of the molecule is COc1ccc(C2CCCC(CN(C)C)C2(O)c2cccc(Cl)c2)cc1. The lowest BCUT2D eigenvalue weighted by molar-refractivity contribution is -0.0803. The van der Waals surface area contributed by atoms with Gasteiger partial charge in [-0.3, -0.25) is 0 Å². The van der Waals surface area contributed by atoms with Crippen LogP contribution in [0.5, 0.6) is 5.75 Å². The third kappa shape index (κ3) is 3.75. The van der Waals surface area contributed by atoms with Crippen LogP contribution in [0, 0.1) is 5.92 Å². The normalized spacial score (nSPS) is 26.1. The highest BCUT2D eigenvalue weighted by Gasteiger charge is 2.48. The molecule has 1 fully saturated rings. The highest BCUT2D eigenvalue weighted by molar-refractivity contribution is 6.30. The van der Waals surface area contributed by atoms with Gasteiger partial charge in [0, 0.05) is 23.4 Å². The average molecular weight is 374 g/mol. The van der Waals surface area contributed by atoms with Crippen molar-refractivity contribution in [2.24, 2.45) is 5.92 Å². The van der Waals surface area contributed by atoms with E-state index >= 15 is 0 Å². The molecule has 1 saturated carbocycles. The zero-order valence-electron chi connectivity index (χ0n) is 15.8. The Bertz CT molecular complexity index is 731. The van der Waals surface area contributed by atoms with E-state index < -0.39 is 5.60 Å². The number of methoxy groups -OCH3 is 1. The van der Waals surface area contributed by atoms with Gasteiger partial charge in [0.05, 0.1) is 7.11 Å². The Labute approximate surface area is 161 Å². The smallest absolute Gasteiger partial charge is 0.118 e. The lowest BCUT2D eigenvalue weighted by atomic mass is 9.63. The summed E-state index contributed by atoms with van der Waals surface area (Å²) in [5.74, 6) is 1.02. The quantitative estimate of drug-likeness (QED) is 0.825. The van der Waals surface area contributed by atoms with E-state index in [2.05, 4.69) is 31.1 Å². The predicted octanol–water partition coefficient (Wildman–Crippen LogP) is 4.68. The molecule has 0 bridgehead atoms. The van der Waals surface area contributed by atoms with Crippen molar-refractivity contribution in [1.29, 1.82) is 0 Å². The minimum absolute atomic E-state index is 0.0329. The summed E-state index contributed by atoms with van der Waals surface area (Å²) in [6.45, 7) is 0.843. The third-order valence-corrected chi connectivity index (χ3v) is 5.82. The van der Waals surface area contributed by atoms with Crippen LogP contribution in [0.15, 0.2) is 48.5 Å². The second kappa shape index (κ2) is 7.99. The van der Waals surface area contributed by atoms with Crippen LogP contribution in [0.25, 0.3) is 0 Å². The molecule has 26 heavy (non-hydrogen) atoms. The number of hydrogen-bond acceptors (Lipinski definition) is 3. The zero-order chi connectivity index (χ0) is 18.7. The number of benzene rings is 2. The number of rotatable bonds is 5. The van der Waals surface area contributed by atoms with Crippen LogP contribution < -0.4 is 4.74 Å². The number of nitrogens with zero attached hydrogens (tertiary/aromatic N) is 1. The molecule has 1 aliphatic carbocycles. The van der Waals surface area contributed by atoms with Gasteiger partial charge in [0.1, 0.15) is 11.4 Å². The maximum atomic E-state index is 12.1. The Balaban J connectivity index is 2.07. The van der Waals surface area contributed by atoms with E-state index in [1.54, 1.807) is 7.11 Å². The number of halogens is 1. The zero-order valence-corrected chi connectivity index (χ0v) is 16.5. The molecule has 0 aliphatic heterocycles. The number of ether oxygens (including phenoxy) is 1. The van der Waals surface area contributed by atoms with E-state index in [4.69, 9.17) is 16.3 Å². The molecule has 0 heterocycles. The van der Waals surface area contributed by atoms with E-state index in [1.165, 1.54) is 0 Å². The Kier molecular flexibility index (Phi) is 5.91. The number of hydrogen-bond donors (Lipinski definition) is 1. The molecule has 3 unspecified atom stereocenters. The second-order valence-corrected chi connectivity index (χ2v) is 7.99. The van der Waals surface area contributed by atoms with Gasteiger partial charge in [-0.15, -0.1) is 0 Å². The molecule has 3 rings (SSSR count). The van der Waals surface area contributed by atoms with Gasteiger partial charge in [0.2, 0.25) is 0 Å². The summed E-state index contributed by atoms with van der Waals surface area (Å²) < 4.78 is 5.30. The van der Waals surface area contributed by atoms with Crippen LogP contribution in [-0.4, -0.2) is 37.8 Å². The fraction of sp³-hybridized carbons (Fsp3) is 0.455. The first-order chi connectivity index (χ1) is 12.4. The highest BCUT2D eigenvalue weighted by atomic mass is 35.5. The number of aliphatic hydroxyl groups is 1. The second-order valence-electron chi connectivity index (χ2n) is 7.55. The molecular formula is C22H28ClNO2. The predicted molar refractivity (Wildman–Crippen MR) is 107 cm³/mol. The van der Waals surface area contributed by atoms with Gasteiger partial charge >= 0.3 is 0 Å². The third-order valence-electron chi connectivity index (χ3n) is 5.59. The first-order valence-corrected chi connectivity index (χ1v) is 9.60. The summed E-state index contributed by atoms with van der Waals surface area (Å²) in [7, 11) is 5.80. The van der Waals surface area contributed by atoms with Crippen molar-refractivity contribution < 1.29 is 9.84 Å². The Hall–Kier alpha value is -1.55. The van der Waals surface area contributed by atoms with Gasteiger partial charge in [-0.05, 0) is 62.3 Å². The topological polar surface area (TPSA) is 32.7 Å². The average Bonchev–Trinajstić information content (AvgIpc) is 2.63. The van der Waals surface area contributed by atoms with Gasteiger partial charge < -0.3 is 14.7 Å². The molecule has 2 aromatic rings. The molecule has 1 N–H and O–H groups in total. The maximum Gasteiger partial charge on any atom is 0.118 e. The van der Waals surface area contributed by atoms with Gasteiger partial charge in [-0.2, -0.15) is 0 Å². The van der Waals surface area contributed by atoms with Gasteiger partial charge in [0.25, 0.3) is 0 Å². The van der Waals surface area contributed by atoms with Crippen molar-refractivity contribution in [2.75, 3.05) is 27.7 Å². The summed E-state index contributed by atoms with van der Waals surface area (Å²) in [6, 6.07) is 15.8. The minimum Gasteiger partial charge on any atom is -0.497 e. The first-order valence-electron chi connectivity index (χ1n) is 9.22. The lowest BCUT2D eigenvalue weighted by Gasteiger charge is -2.47. The molecule has 0 aromatic heterocycles. The van der Waals surface area contributed by atoms with E-state index in [-0.39, 0.29) is 11.8 Å². The Morgan fingerprint density at radius 3 is 2.50 bits per heavy atom. The Morgan fingerprint density at radius 1 is 1.15 bits per heavy atom. The van der Waals surface area contributed by atoms with Crippen LogP contribution in [-0.2, 0) is 5.60 Å². The fourth-order valence-electron chi connectivity index (χ4n) is 4.40. The standard InChI is InChI=1S/C22H28ClNO2/c1-24(2)15-18-7-5-9-21(16-10-12-20(26-3)13-11-16)22(18,25)17-6-4-8-19(23)14-17/h4,6,8,10-14,18,21,25H,5,7,9,15H2,1-3H3. The van der Waals surface area contributed by atoms with Crippen LogP contribution in [0.3, 0.4) is 0 Å².